The van der Waals surface area contributed by atoms with Crippen molar-refractivity contribution < 1.29 is 38.3 Å². The summed E-state index contributed by atoms with van der Waals surface area (Å²) < 4.78 is 6.90. The van der Waals surface area contributed by atoms with Crippen LogP contribution in [0.2, 0.25) is 0 Å². The van der Waals surface area contributed by atoms with Crippen molar-refractivity contribution in [2.24, 2.45) is 11.8 Å². The molecule has 4 rings (SSSR count). The standard InChI is InChI=1S/C36H51NO4S.Li/c1-26-12-10-11-17-30(26)32-22-29(18-19-31(32)34(38)37-33(35(39)40)20-21-42-3)25-41-36(2,23-27-13-6-4-7-14-27)24-28-15-8-5-9-16-28;/h10-12,17-19,22,27-28,33H,4-9,13-16,20-21,23-25H2,1-3H3,(H,37,38)(H,39,40);/q;+1. The van der Waals surface area contributed by atoms with E-state index in [0.717, 1.165) is 46.9 Å². The summed E-state index contributed by atoms with van der Waals surface area (Å²) in [6, 6.07) is 13.1. The van der Waals surface area contributed by atoms with Gasteiger partial charge in [-0.15, -0.1) is 0 Å². The summed E-state index contributed by atoms with van der Waals surface area (Å²) in [5.41, 5.74) is 4.25. The van der Waals surface area contributed by atoms with Gasteiger partial charge in [0.25, 0.3) is 5.91 Å². The van der Waals surface area contributed by atoms with Crippen LogP contribution >= 0.6 is 11.8 Å². The molecule has 1 atom stereocenters. The molecule has 1 unspecified atom stereocenters. The minimum atomic E-state index is -1.00. The molecular formula is C36H51LiNO4S+. The van der Waals surface area contributed by atoms with Gasteiger partial charge in [-0.1, -0.05) is 94.5 Å². The van der Waals surface area contributed by atoms with Gasteiger partial charge in [-0.25, -0.2) is 4.79 Å². The zero-order valence-electron chi connectivity index (χ0n) is 27.0. The third kappa shape index (κ3) is 10.7. The van der Waals surface area contributed by atoms with Crippen molar-refractivity contribution >= 4 is 23.6 Å². The van der Waals surface area contributed by atoms with E-state index in [9.17, 15) is 14.7 Å². The molecule has 0 radical (unpaired) electrons. The number of carboxylic acids is 1. The van der Waals surface area contributed by atoms with Crippen molar-refractivity contribution in [1.82, 2.24) is 5.32 Å². The van der Waals surface area contributed by atoms with Crippen LogP contribution in [0.4, 0.5) is 0 Å². The summed E-state index contributed by atoms with van der Waals surface area (Å²) in [7, 11) is 0. The van der Waals surface area contributed by atoms with Gasteiger partial charge in [0, 0.05) is 5.56 Å². The van der Waals surface area contributed by atoms with E-state index in [1.807, 2.05) is 49.6 Å². The fourth-order valence-corrected chi connectivity index (χ4v) is 7.64. The number of aliphatic carboxylic acids is 1. The number of nitrogens with one attached hydrogen (secondary N) is 1. The second kappa shape index (κ2) is 17.7. The molecule has 2 fully saturated rings. The van der Waals surface area contributed by atoms with Crippen LogP contribution in [0.15, 0.2) is 42.5 Å². The van der Waals surface area contributed by atoms with Crippen LogP contribution in [0.5, 0.6) is 0 Å². The quantitative estimate of drug-likeness (QED) is 0.268. The first-order valence-corrected chi connectivity index (χ1v) is 17.5. The Hall–Kier alpha value is -1.71. The van der Waals surface area contributed by atoms with E-state index in [1.54, 1.807) is 11.8 Å². The Morgan fingerprint density at radius 2 is 1.56 bits per heavy atom. The molecule has 0 aromatic heterocycles. The van der Waals surface area contributed by atoms with Gasteiger partial charge in [0.05, 0.1) is 12.2 Å². The topological polar surface area (TPSA) is 75.6 Å². The monoisotopic (exact) mass is 600 g/mol. The first kappa shape index (κ1) is 35.8. The van der Waals surface area contributed by atoms with Crippen LogP contribution in [0.3, 0.4) is 0 Å². The van der Waals surface area contributed by atoms with E-state index < -0.39 is 12.0 Å². The number of hydrogen-bond donors (Lipinski definition) is 2. The van der Waals surface area contributed by atoms with Gasteiger partial charge >= 0.3 is 24.8 Å². The maximum atomic E-state index is 13.5. The Labute approximate surface area is 275 Å². The molecular weight excluding hydrogens is 549 g/mol. The van der Waals surface area contributed by atoms with Crippen molar-refractivity contribution in [1.29, 1.82) is 0 Å². The zero-order valence-corrected chi connectivity index (χ0v) is 27.8. The number of carbonyl (C=O) groups excluding carboxylic acids is 1. The smallest absolute Gasteiger partial charge is 0.480 e. The van der Waals surface area contributed by atoms with E-state index >= 15 is 0 Å². The van der Waals surface area contributed by atoms with Gasteiger partial charge in [0.15, 0.2) is 0 Å². The molecule has 0 aliphatic heterocycles. The average molecular weight is 601 g/mol. The Morgan fingerprint density at radius 1 is 0.953 bits per heavy atom. The predicted molar refractivity (Wildman–Crippen MR) is 174 cm³/mol. The third-order valence-corrected chi connectivity index (χ3v) is 10.1. The Kier molecular flexibility index (Phi) is 14.7. The van der Waals surface area contributed by atoms with Crippen molar-refractivity contribution in [2.45, 2.75) is 116 Å². The van der Waals surface area contributed by atoms with Gasteiger partial charge < -0.3 is 15.2 Å². The van der Waals surface area contributed by atoms with E-state index in [-0.39, 0.29) is 30.4 Å². The Balaban J connectivity index is 0.00000506. The zero-order chi connectivity index (χ0) is 30.0. The van der Waals surface area contributed by atoms with Crippen LogP contribution in [0.25, 0.3) is 11.1 Å². The van der Waals surface area contributed by atoms with Crippen LogP contribution in [-0.4, -0.2) is 40.6 Å². The third-order valence-electron chi connectivity index (χ3n) is 9.46. The van der Waals surface area contributed by atoms with Gasteiger partial charge in [0.2, 0.25) is 0 Å². The second-order valence-electron chi connectivity index (χ2n) is 13.0. The molecule has 230 valence electrons. The first-order chi connectivity index (χ1) is 20.3. The number of thioether (sulfide) groups is 1. The maximum Gasteiger partial charge on any atom is 1.00 e. The van der Waals surface area contributed by atoms with Crippen molar-refractivity contribution in [3.8, 4) is 11.1 Å². The normalized spacial score (nSPS) is 17.2. The molecule has 2 N–H and O–H groups in total. The van der Waals surface area contributed by atoms with Crippen molar-refractivity contribution in [2.75, 3.05) is 12.0 Å². The number of benzene rings is 2. The van der Waals surface area contributed by atoms with Gasteiger partial charge in [-0.3, -0.25) is 4.79 Å². The minimum absolute atomic E-state index is 0. The van der Waals surface area contributed by atoms with Crippen molar-refractivity contribution in [3.05, 3.63) is 59.2 Å². The van der Waals surface area contributed by atoms with Crippen molar-refractivity contribution in [3.63, 3.8) is 0 Å². The number of carboxylic acid groups (broad SMARTS) is 1. The first-order valence-electron chi connectivity index (χ1n) is 16.1. The van der Waals surface area contributed by atoms with Crippen LogP contribution in [0.1, 0.15) is 112 Å². The molecule has 0 saturated heterocycles. The molecule has 2 saturated carbocycles. The van der Waals surface area contributed by atoms with E-state index in [0.29, 0.717) is 24.3 Å². The van der Waals surface area contributed by atoms with E-state index in [4.69, 9.17) is 4.74 Å². The van der Waals surface area contributed by atoms with Crippen LogP contribution in [-0.2, 0) is 16.1 Å². The molecule has 0 bridgehead atoms. The molecule has 7 heteroatoms. The molecule has 2 aliphatic carbocycles. The summed E-state index contributed by atoms with van der Waals surface area (Å²) in [6.07, 6.45) is 17.9. The van der Waals surface area contributed by atoms with E-state index in [1.165, 1.54) is 64.2 Å². The SMILES string of the molecule is CSCCC(NC(=O)c1ccc(COC(C)(CC2CCCCC2)CC2CCCCC2)cc1-c1ccccc1C)C(=O)O.[Li+]. The fraction of sp³-hybridized carbons (Fsp3) is 0.611. The summed E-state index contributed by atoms with van der Waals surface area (Å²) in [4.78, 5) is 25.3. The number of hydrogen-bond acceptors (Lipinski definition) is 4. The minimum Gasteiger partial charge on any atom is -0.480 e. The molecule has 2 aromatic rings. The number of aryl methyl sites for hydroxylation is 1. The summed E-state index contributed by atoms with van der Waals surface area (Å²) in [6.45, 7) is 4.90. The molecule has 0 spiro atoms. The largest absolute Gasteiger partial charge is 1.00 e. The molecule has 2 aliphatic rings. The second-order valence-corrected chi connectivity index (χ2v) is 14.0. The molecule has 0 heterocycles. The average Bonchev–Trinajstić information content (AvgIpc) is 2.99. The fourth-order valence-electron chi connectivity index (χ4n) is 7.17. The Morgan fingerprint density at radius 3 is 2.12 bits per heavy atom. The number of rotatable bonds is 14. The molecule has 5 nitrogen and oxygen atoms in total. The van der Waals surface area contributed by atoms with Gasteiger partial charge in [0.1, 0.15) is 6.04 Å². The predicted octanol–water partition coefficient (Wildman–Crippen LogP) is 5.82. The summed E-state index contributed by atoms with van der Waals surface area (Å²) >= 11 is 1.57. The summed E-state index contributed by atoms with van der Waals surface area (Å²) in [5.74, 6) is 0.797. The van der Waals surface area contributed by atoms with Gasteiger partial charge in [-0.2, -0.15) is 11.8 Å². The maximum absolute atomic E-state index is 13.5. The number of ether oxygens (including phenoxy) is 1. The van der Waals surface area contributed by atoms with Crippen LogP contribution < -0.4 is 24.2 Å². The summed E-state index contributed by atoms with van der Waals surface area (Å²) in [5, 5.41) is 12.5. The molecule has 43 heavy (non-hydrogen) atoms. The Bertz CT molecular complexity index is 1160. The number of carbonyl (C=O) groups is 2. The van der Waals surface area contributed by atoms with Gasteiger partial charge in [-0.05, 0) is 91.3 Å². The van der Waals surface area contributed by atoms with Crippen LogP contribution in [0, 0.1) is 18.8 Å². The molecule has 2 aromatic carbocycles. The van der Waals surface area contributed by atoms with E-state index in [2.05, 4.69) is 18.3 Å². The number of amides is 1. The molecule has 1 amide bonds.